The number of amides is 1. The van der Waals surface area contributed by atoms with Crippen molar-refractivity contribution in [2.24, 2.45) is 0 Å². The zero-order valence-corrected chi connectivity index (χ0v) is 15.5. The van der Waals surface area contributed by atoms with Gasteiger partial charge in [0.1, 0.15) is 5.82 Å². The molecule has 3 aromatic rings. The third kappa shape index (κ3) is 4.17. The lowest BCUT2D eigenvalue weighted by molar-refractivity contribution is 0.0943. The zero-order chi connectivity index (χ0) is 18.7. The molecule has 134 valence electrons. The van der Waals surface area contributed by atoms with Gasteiger partial charge in [0.25, 0.3) is 5.91 Å². The summed E-state index contributed by atoms with van der Waals surface area (Å²) < 4.78 is 36.6. The van der Waals surface area contributed by atoms with E-state index in [0.717, 1.165) is 16.7 Å². The van der Waals surface area contributed by atoms with Crippen molar-refractivity contribution < 1.29 is 17.6 Å². The summed E-state index contributed by atoms with van der Waals surface area (Å²) in [6.07, 6.45) is 1.09. The van der Waals surface area contributed by atoms with Crippen molar-refractivity contribution in [2.75, 3.05) is 6.26 Å². The second kappa shape index (κ2) is 7.39. The number of hydrogen-bond acceptors (Lipinski definition) is 4. The van der Waals surface area contributed by atoms with Crippen molar-refractivity contribution in [3.05, 3.63) is 87.9 Å². The van der Waals surface area contributed by atoms with Crippen LogP contribution in [0.1, 0.15) is 26.8 Å². The van der Waals surface area contributed by atoms with Crippen LogP contribution < -0.4 is 5.32 Å². The van der Waals surface area contributed by atoms with E-state index < -0.39 is 21.8 Å². The van der Waals surface area contributed by atoms with Crippen LogP contribution in [0.15, 0.2) is 70.9 Å². The molecule has 0 bridgehead atoms. The van der Waals surface area contributed by atoms with Gasteiger partial charge in [-0.25, -0.2) is 12.8 Å². The van der Waals surface area contributed by atoms with Crippen molar-refractivity contribution in [2.45, 2.75) is 10.9 Å². The van der Waals surface area contributed by atoms with Crippen LogP contribution in [0.4, 0.5) is 4.39 Å². The first-order chi connectivity index (χ1) is 12.3. The molecule has 0 aliphatic carbocycles. The van der Waals surface area contributed by atoms with Crippen LogP contribution in [0.3, 0.4) is 0 Å². The number of sulfone groups is 1. The fourth-order valence-corrected chi connectivity index (χ4v) is 3.98. The molecule has 0 fully saturated rings. The SMILES string of the molecule is CS(=O)(=O)c1cccc(C(=O)NC(c2ccc(F)cc2)c2cccs2)c1. The molecular weight excluding hydrogens is 373 g/mol. The second-order valence-electron chi connectivity index (χ2n) is 5.77. The first-order valence-corrected chi connectivity index (χ1v) is 10.5. The highest BCUT2D eigenvalue weighted by Crippen LogP contribution is 2.27. The first kappa shape index (κ1) is 18.3. The summed E-state index contributed by atoms with van der Waals surface area (Å²) in [7, 11) is -3.41. The summed E-state index contributed by atoms with van der Waals surface area (Å²) in [6.45, 7) is 0. The first-order valence-electron chi connectivity index (χ1n) is 7.74. The molecule has 1 aromatic heterocycles. The highest BCUT2D eigenvalue weighted by atomic mass is 32.2. The van der Waals surface area contributed by atoms with Gasteiger partial charge in [-0.15, -0.1) is 11.3 Å². The largest absolute Gasteiger partial charge is 0.340 e. The van der Waals surface area contributed by atoms with Gasteiger partial charge in [-0.05, 0) is 47.3 Å². The van der Waals surface area contributed by atoms with E-state index in [1.165, 1.54) is 41.7 Å². The van der Waals surface area contributed by atoms with Gasteiger partial charge < -0.3 is 5.32 Å². The molecule has 1 amide bonds. The van der Waals surface area contributed by atoms with Crippen molar-refractivity contribution >= 4 is 27.1 Å². The number of thiophene rings is 1. The number of hydrogen-bond donors (Lipinski definition) is 1. The molecule has 1 unspecified atom stereocenters. The normalized spacial score (nSPS) is 12.5. The Kier molecular flexibility index (Phi) is 5.20. The van der Waals surface area contributed by atoms with Crippen LogP contribution in [0, 0.1) is 5.82 Å². The predicted molar refractivity (Wildman–Crippen MR) is 99.6 cm³/mol. The molecule has 1 atom stereocenters. The Bertz CT molecular complexity index is 1010. The van der Waals surface area contributed by atoms with Crippen LogP contribution in [0.25, 0.3) is 0 Å². The quantitative estimate of drug-likeness (QED) is 0.722. The summed E-state index contributed by atoms with van der Waals surface area (Å²) in [6, 6.07) is 15.1. The number of halogens is 1. The lowest BCUT2D eigenvalue weighted by atomic mass is 10.0. The molecule has 3 rings (SSSR count). The van der Waals surface area contributed by atoms with Crippen molar-refractivity contribution in [3.63, 3.8) is 0 Å². The Morgan fingerprint density at radius 2 is 1.81 bits per heavy atom. The van der Waals surface area contributed by atoms with Crippen molar-refractivity contribution in [3.8, 4) is 0 Å². The average molecular weight is 389 g/mol. The standard InChI is InChI=1S/C19H16FNO3S2/c1-26(23,24)16-5-2-4-14(12-16)19(22)21-18(17-6-3-11-25-17)13-7-9-15(20)10-8-13/h2-12,18H,1H3,(H,21,22). The van der Waals surface area contributed by atoms with Crippen molar-refractivity contribution in [1.82, 2.24) is 5.32 Å². The molecule has 4 nitrogen and oxygen atoms in total. The molecular formula is C19H16FNO3S2. The van der Waals surface area contributed by atoms with Crippen LogP contribution in [-0.2, 0) is 9.84 Å². The summed E-state index contributed by atoms with van der Waals surface area (Å²) in [5.74, 6) is -0.760. The number of benzene rings is 2. The summed E-state index contributed by atoms with van der Waals surface area (Å²) in [4.78, 5) is 13.7. The van der Waals surface area contributed by atoms with Gasteiger partial charge in [-0.3, -0.25) is 4.79 Å². The van der Waals surface area contributed by atoms with E-state index in [2.05, 4.69) is 5.32 Å². The highest BCUT2D eigenvalue weighted by molar-refractivity contribution is 7.90. The fraction of sp³-hybridized carbons (Fsp3) is 0.105. The van der Waals surface area contributed by atoms with E-state index in [9.17, 15) is 17.6 Å². The lowest BCUT2D eigenvalue weighted by Crippen LogP contribution is -2.29. The van der Waals surface area contributed by atoms with E-state index in [-0.39, 0.29) is 16.3 Å². The van der Waals surface area contributed by atoms with E-state index in [1.54, 1.807) is 18.2 Å². The molecule has 2 aromatic carbocycles. The predicted octanol–water partition coefficient (Wildman–Crippen LogP) is 3.81. The molecule has 0 spiro atoms. The number of carbonyl (C=O) groups is 1. The second-order valence-corrected chi connectivity index (χ2v) is 8.77. The molecule has 0 aliphatic rings. The third-order valence-corrected chi connectivity index (χ3v) is 5.88. The summed E-state index contributed by atoms with van der Waals surface area (Å²) >= 11 is 1.47. The molecule has 26 heavy (non-hydrogen) atoms. The Balaban J connectivity index is 1.92. The van der Waals surface area contributed by atoms with Gasteiger partial charge >= 0.3 is 0 Å². The Labute approximate surface area is 155 Å². The van der Waals surface area contributed by atoms with E-state index in [1.807, 2.05) is 17.5 Å². The highest BCUT2D eigenvalue weighted by Gasteiger charge is 2.20. The minimum Gasteiger partial charge on any atom is -0.340 e. The molecule has 1 N–H and O–H groups in total. The lowest BCUT2D eigenvalue weighted by Gasteiger charge is -2.18. The van der Waals surface area contributed by atoms with E-state index in [4.69, 9.17) is 0 Å². The van der Waals surface area contributed by atoms with Gasteiger partial charge in [0, 0.05) is 16.7 Å². The van der Waals surface area contributed by atoms with Gasteiger partial charge in [0.15, 0.2) is 9.84 Å². The van der Waals surface area contributed by atoms with Gasteiger partial charge in [-0.1, -0.05) is 24.3 Å². The fourth-order valence-electron chi connectivity index (χ4n) is 2.51. The maximum Gasteiger partial charge on any atom is 0.252 e. The molecule has 0 aliphatic heterocycles. The molecule has 0 radical (unpaired) electrons. The summed E-state index contributed by atoms with van der Waals surface area (Å²) in [5, 5.41) is 4.80. The number of nitrogens with one attached hydrogen (secondary N) is 1. The number of carbonyl (C=O) groups excluding carboxylic acids is 1. The topological polar surface area (TPSA) is 63.2 Å². The average Bonchev–Trinajstić information content (AvgIpc) is 3.14. The third-order valence-electron chi connectivity index (χ3n) is 3.83. The Morgan fingerprint density at radius 1 is 1.08 bits per heavy atom. The molecule has 7 heteroatoms. The van der Waals surface area contributed by atoms with Gasteiger partial charge in [0.2, 0.25) is 0 Å². The van der Waals surface area contributed by atoms with Gasteiger partial charge in [-0.2, -0.15) is 0 Å². The van der Waals surface area contributed by atoms with Gasteiger partial charge in [0.05, 0.1) is 10.9 Å². The Hall–Kier alpha value is -2.51. The molecule has 0 saturated carbocycles. The maximum atomic E-state index is 13.2. The van der Waals surface area contributed by atoms with Crippen LogP contribution in [-0.4, -0.2) is 20.6 Å². The van der Waals surface area contributed by atoms with E-state index >= 15 is 0 Å². The zero-order valence-electron chi connectivity index (χ0n) is 13.8. The Morgan fingerprint density at radius 3 is 2.42 bits per heavy atom. The minimum absolute atomic E-state index is 0.0830. The van der Waals surface area contributed by atoms with Crippen LogP contribution in [0.2, 0.25) is 0 Å². The van der Waals surface area contributed by atoms with Crippen molar-refractivity contribution in [1.29, 1.82) is 0 Å². The smallest absolute Gasteiger partial charge is 0.252 e. The monoisotopic (exact) mass is 389 g/mol. The minimum atomic E-state index is -3.41. The van der Waals surface area contributed by atoms with Crippen LogP contribution >= 0.6 is 11.3 Å². The summed E-state index contributed by atoms with van der Waals surface area (Å²) in [5.41, 5.74) is 0.984. The molecule has 0 saturated heterocycles. The molecule has 1 heterocycles. The van der Waals surface area contributed by atoms with E-state index in [0.29, 0.717) is 0 Å². The van der Waals surface area contributed by atoms with Crippen LogP contribution in [0.5, 0.6) is 0 Å². The maximum absolute atomic E-state index is 13.2. The number of rotatable bonds is 5.